The molecule has 0 amide bonds. The van der Waals surface area contributed by atoms with E-state index in [1.165, 1.54) is 0 Å². The lowest BCUT2D eigenvalue weighted by Crippen LogP contribution is -2.10. The summed E-state index contributed by atoms with van der Waals surface area (Å²) >= 11 is 0. The zero-order valence-corrected chi connectivity index (χ0v) is 20.4. The normalized spacial score (nSPS) is 11.6. The van der Waals surface area contributed by atoms with Gasteiger partial charge in [0.25, 0.3) is 11.6 Å². The second kappa shape index (κ2) is 10.5. The van der Waals surface area contributed by atoms with Crippen molar-refractivity contribution in [3.63, 3.8) is 0 Å². The van der Waals surface area contributed by atoms with Crippen molar-refractivity contribution in [2.45, 2.75) is 33.4 Å². The predicted molar refractivity (Wildman–Crippen MR) is 125 cm³/mol. The number of carboxylic acids is 1. The highest BCUT2D eigenvalue weighted by Crippen LogP contribution is 2.36. The van der Waals surface area contributed by atoms with E-state index in [1.54, 1.807) is 26.0 Å². The third-order valence-corrected chi connectivity index (χ3v) is 5.15. The van der Waals surface area contributed by atoms with E-state index < -0.39 is 36.1 Å². The van der Waals surface area contributed by atoms with Crippen LogP contribution >= 0.6 is 0 Å². The Hall–Kier alpha value is -4.42. The number of nitrogens with zero attached hydrogens (tertiary/aromatic N) is 3. The summed E-state index contributed by atoms with van der Waals surface area (Å²) in [5, 5.41) is 8.88. The standard InChI is InChI=1S/C25H21F4N3O6/c1-4-7-35-22-19-23(32-24(31-22)37-15-5-6-17(26)16(10-15)25(27,28)29)38-21(30-19)14-8-12(2)20(13(3)9-14)36-11-18(33)34/h5-6,8-10H,4,7,11H2,1-3H3,(H,33,34). The van der Waals surface area contributed by atoms with Crippen LogP contribution in [0, 0.1) is 19.7 Å². The lowest BCUT2D eigenvalue weighted by molar-refractivity contribution is -0.140. The SMILES string of the molecule is CCCOc1nc(Oc2ccc(F)c(C(F)(F)F)c2)nc2oc(-c3cc(C)c(OCC(=O)O)c(C)c3)nc12. The van der Waals surface area contributed by atoms with Crippen LogP contribution in [-0.4, -0.2) is 39.2 Å². The van der Waals surface area contributed by atoms with Crippen molar-refractivity contribution in [2.75, 3.05) is 13.2 Å². The fourth-order valence-electron chi connectivity index (χ4n) is 3.57. The van der Waals surface area contributed by atoms with E-state index in [0.717, 1.165) is 6.07 Å². The molecule has 0 fully saturated rings. The predicted octanol–water partition coefficient (Wildman–Crippen LogP) is 6.10. The highest BCUT2D eigenvalue weighted by atomic mass is 19.4. The van der Waals surface area contributed by atoms with E-state index in [4.69, 9.17) is 23.7 Å². The molecule has 0 aliphatic rings. The third kappa shape index (κ3) is 5.76. The number of carboxylic acid groups (broad SMARTS) is 1. The number of ether oxygens (including phenoxy) is 3. The van der Waals surface area contributed by atoms with Crippen molar-refractivity contribution in [3.8, 4) is 34.8 Å². The topological polar surface area (TPSA) is 117 Å². The highest BCUT2D eigenvalue weighted by Gasteiger charge is 2.34. The molecule has 13 heteroatoms. The molecule has 0 atom stereocenters. The van der Waals surface area contributed by atoms with Crippen LogP contribution in [-0.2, 0) is 11.0 Å². The van der Waals surface area contributed by atoms with Crippen LogP contribution < -0.4 is 14.2 Å². The molecule has 4 aromatic rings. The smallest absolute Gasteiger partial charge is 0.419 e. The second-order valence-corrected chi connectivity index (χ2v) is 8.20. The van der Waals surface area contributed by atoms with Gasteiger partial charge in [0.2, 0.25) is 5.89 Å². The summed E-state index contributed by atoms with van der Waals surface area (Å²) in [6.45, 7) is 5.07. The van der Waals surface area contributed by atoms with Crippen molar-refractivity contribution in [2.24, 2.45) is 0 Å². The summed E-state index contributed by atoms with van der Waals surface area (Å²) in [6.07, 6.45) is -4.30. The molecule has 200 valence electrons. The van der Waals surface area contributed by atoms with E-state index in [1.807, 2.05) is 6.92 Å². The first-order valence-electron chi connectivity index (χ1n) is 11.3. The van der Waals surface area contributed by atoms with E-state index in [2.05, 4.69) is 15.0 Å². The van der Waals surface area contributed by atoms with Gasteiger partial charge >= 0.3 is 18.2 Å². The lowest BCUT2D eigenvalue weighted by Gasteiger charge is -2.11. The first-order valence-corrected chi connectivity index (χ1v) is 11.3. The molecule has 2 aromatic carbocycles. The summed E-state index contributed by atoms with van der Waals surface area (Å²) in [4.78, 5) is 23.5. The maximum Gasteiger partial charge on any atom is 0.419 e. The lowest BCUT2D eigenvalue weighted by atomic mass is 10.1. The summed E-state index contributed by atoms with van der Waals surface area (Å²) in [6, 6.07) is 5.12. The molecule has 2 heterocycles. The maximum absolute atomic E-state index is 13.7. The van der Waals surface area contributed by atoms with Crippen molar-refractivity contribution in [1.82, 2.24) is 15.0 Å². The number of carbonyl (C=O) groups is 1. The number of oxazole rings is 1. The zero-order chi connectivity index (χ0) is 27.6. The van der Waals surface area contributed by atoms with Gasteiger partial charge in [0.15, 0.2) is 12.1 Å². The maximum atomic E-state index is 13.7. The molecule has 0 aliphatic carbocycles. The largest absolute Gasteiger partial charge is 0.481 e. The fraction of sp³-hybridized carbons (Fsp3) is 0.280. The summed E-state index contributed by atoms with van der Waals surface area (Å²) in [5.41, 5.74) is 0.392. The number of hydrogen-bond donors (Lipinski definition) is 1. The molecule has 0 bridgehead atoms. The number of alkyl halides is 3. The molecule has 0 saturated heterocycles. The monoisotopic (exact) mass is 535 g/mol. The van der Waals surface area contributed by atoms with Gasteiger partial charge in [0.1, 0.15) is 17.3 Å². The van der Waals surface area contributed by atoms with Crippen LogP contribution in [0.25, 0.3) is 22.7 Å². The average Bonchev–Trinajstić information content (AvgIpc) is 3.26. The number of benzene rings is 2. The average molecular weight is 535 g/mol. The summed E-state index contributed by atoms with van der Waals surface area (Å²) in [5.74, 6) is -2.38. The van der Waals surface area contributed by atoms with E-state index in [0.29, 0.717) is 41.0 Å². The van der Waals surface area contributed by atoms with Crippen LogP contribution in [0.4, 0.5) is 17.6 Å². The van der Waals surface area contributed by atoms with E-state index >= 15 is 0 Å². The molecule has 9 nitrogen and oxygen atoms in total. The zero-order valence-electron chi connectivity index (χ0n) is 20.4. The third-order valence-electron chi connectivity index (χ3n) is 5.15. The van der Waals surface area contributed by atoms with Gasteiger partial charge in [-0.05, 0) is 61.7 Å². The van der Waals surface area contributed by atoms with Gasteiger partial charge in [-0.3, -0.25) is 0 Å². The molecule has 38 heavy (non-hydrogen) atoms. The number of halogens is 4. The minimum absolute atomic E-state index is 0.0186. The molecule has 0 unspecified atom stereocenters. The first-order chi connectivity index (χ1) is 18.0. The van der Waals surface area contributed by atoms with Gasteiger partial charge in [-0.25, -0.2) is 14.2 Å². The minimum atomic E-state index is -4.92. The Morgan fingerprint density at radius 3 is 2.39 bits per heavy atom. The number of aromatic nitrogens is 3. The molecule has 2 aromatic heterocycles. The number of aliphatic carboxylic acids is 1. The Bertz CT molecular complexity index is 1480. The molecule has 1 N–H and O–H groups in total. The van der Waals surface area contributed by atoms with Gasteiger partial charge in [-0.15, -0.1) is 0 Å². The molecule has 0 saturated carbocycles. The van der Waals surface area contributed by atoms with Crippen molar-refractivity contribution in [3.05, 3.63) is 52.8 Å². The van der Waals surface area contributed by atoms with Crippen LogP contribution in [0.15, 0.2) is 34.7 Å². The van der Waals surface area contributed by atoms with Gasteiger partial charge in [-0.2, -0.15) is 23.1 Å². The molecule has 0 radical (unpaired) electrons. The molecular weight excluding hydrogens is 514 g/mol. The number of hydrogen-bond acceptors (Lipinski definition) is 8. The Kier molecular flexibility index (Phi) is 7.37. The first kappa shape index (κ1) is 26.6. The van der Waals surface area contributed by atoms with Gasteiger partial charge in [-0.1, -0.05) is 6.92 Å². The Morgan fingerprint density at radius 2 is 1.76 bits per heavy atom. The number of rotatable bonds is 9. The number of aryl methyl sites for hydroxylation is 2. The Balaban J connectivity index is 1.73. The van der Waals surface area contributed by atoms with Crippen molar-refractivity contribution >= 4 is 17.2 Å². The van der Waals surface area contributed by atoms with Crippen molar-refractivity contribution in [1.29, 1.82) is 0 Å². The summed E-state index contributed by atoms with van der Waals surface area (Å²) in [7, 11) is 0. The quantitative estimate of drug-likeness (QED) is 0.254. The van der Waals surface area contributed by atoms with E-state index in [-0.39, 0.29) is 35.4 Å². The van der Waals surface area contributed by atoms with Crippen LogP contribution in [0.5, 0.6) is 23.4 Å². The molecule has 0 aliphatic heterocycles. The minimum Gasteiger partial charge on any atom is -0.481 e. The molecular formula is C25H21F4N3O6. The Morgan fingerprint density at radius 1 is 1.05 bits per heavy atom. The van der Waals surface area contributed by atoms with Crippen molar-refractivity contribution < 1.29 is 46.1 Å². The second-order valence-electron chi connectivity index (χ2n) is 8.20. The van der Waals surface area contributed by atoms with Crippen LogP contribution in [0.2, 0.25) is 0 Å². The fourth-order valence-corrected chi connectivity index (χ4v) is 3.57. The molecule has 0 spiro atoms. The Labute approximate surface area is 213 Å². The van der Waals surface area contributed by atoms with Crippen LogP contribution in [0.3, 0.4) is 0 Å². The van der Waals surface area contributed by atoms with E-state index in [9.17, 15) is 22.4 Å². The number of fused-ring (bicyclic) bond motifs is 1. The van der Waals surface area contributed by atoms with Gasteiger partial charge in [0, 0.05) is 5.56 Å². The molecule has 4 rings (SSSR count). The highest BCUT2D eigenvalue weighted by molar-refractivity contribution is 5.78. The summed E-state index contributed by atoms with van der Waals surface area (Å²) < 4.78 is 75.1. The van der Waals surface area contributed by atoms with Gasteiger partial charge < -0.3 is 23.7 Å². The van der Waals surface area contributed by atoms with Gasteiger partial charge in [0.05, 0.1) is 12.2 Å². The van der Waals surface area contributed by atoms with Crippen LogP contribution in [0.1, 0.15) is 30.0 Å².